The fourth-order valence-corrected chi connectivity index (χ4v) is 1.80. The standard InChI is InChI=1S/C15H25NO6/c1-10(19)14(9-18)22-15(13(20)8-17)21-12-4-2-11(3-5-12)6-7-16/h2-5,10,13-15,17-20H,6-9,16H2,1H3. The number of nitrogens with two attached hydrogens (primary N) is 1. The first-order valence-electron chi connectivity index (χ1n) is 7.20. The Bertz CT molecular complexity index is 411. The highest BCUT2D eigenvalue weighted by Gasteiger charge is 2.27. The molecular formula is C15H25NO6. The van der Waals surface area contributed by atoms with Gasteiger partial charge in [-0.1, -0.05) is 12.1 Å². The van der Waals surface area contributed by atoms with Gasteiger partial charge < -0.3 is 35.6 Å². The van der Waals surface area contributed by atoms with E-state index < -0.39 is 37.8 Å². The summed E-state index contributed by atoms with van der Waals surface area (Å²) in [6.45, 7) is 0.978. The molecule has 0 saturated heterocycles. The molecule has 7 nitrogen and oxygen atoms in total. The molecule has 7 heteroatoms. The van der Waals surface area contributed by atoms with Crippen LogP contribution in [0.25, 0.3) is 0 Å². The molecule has 0 radical (unpaired) electrons. The average Bonchev–Trinajstić information content (AvgIpc) is 2.52. The van der Waals surface area contributed by atoms with Crippen LogP contribution in [0.3, 0.4) is 0 Å². The molecule has 1 aromatic rings. The number of hydrogen-bond acceptors (Lipinski definition) is 7. The van der Waals surface area contributed by atoms with Crippen LogP contribution in [0.1, 0.15) is 12.5 Å². The second kappa shape index (κ2) is 9.73. The highest BCUT2D eigenvalue weighted by Crippen LogP contribution is 2.17. The predicted octanol–water partition coefficient (Wildman–Crippen LogP) is -0.996. The minimum Gasteiger partial charge on any atom is -0.462 e. The summed E-state index contributed by atoms with van der Waals surface area (Å²) in [5.74, 6) is 0.431. The number of rotatable bonds is 10. The summed E-state index contributed by atoms with van der Waals surface area (Å²) in [6, 6.07) is 7.06. The number of aliphatic hydroxyl groups is 4. The van der Waals surface area contributed by atoms with E-state index in [1.165, 1.54) is 6.92 Å². The van der Waals surface area contributed by atoms with E-state index in [4.69, 9.17) is 25.4 Å². The van der Waals surface area contributed by atoms with Gasteiger partial charge in [-0.2, -0.15) is 0 Å². The van der Waals surface area contributed by atoms with Crippen molar-refractivity contribution in [2.75, 3.05) is 19.8 Å². The van der Waals surface area contributed by atoms with Crippen molar-refractivity contribution in [1.29, 1.82) is 0 Å². The zero-order chi connectivity index (χ0) is 16.5. The first-order chi connectivity index (χ1) is 10.5. The molecule has 22 heavy (non-hydrogen) atoms. The molecule has 0 bridgehead atoms. The molecule has 126 valence electrons. The van der Waals surface area contributed by atoms with Crippen molar-refractivity contribution in [3.63, 3.8) is 0 Å². The summed E-state index contributed by atoms with van der Waals surface area (Å²) in [5, 5.41) is 37.5. The van der Waals surface area contributed by atoms with Crippen molar-refractivity contribution in [2.24, 2.45) is 5.73 Å². The zero-order valence-corrected chi connectivity index (χ0v) is 12.6. The van der Waals surface area contributed by atoms with Gasteiger partial charge in [-0.05, 0) is 37.6 Å². The molecule has 0 heterocycles. The number of ether oxygens (including phenoxy) is 2. The predicted molar refractivity (Wildman–Crippen MR) is 80.3 cm³/mol. The van der Waals surface area contributed by atoms with Crippen LogP contribution in [0.5, 0.6) is 5.75 Å². The Morgan fingerprint density at radius 3 is 2.18 bits per heavy atom. The molecule has 0 aliphatic rings. The summed E-state index contributed by atoms with van der Waals surface area (Å²) in [4.78, 5) is 0. The maximum Gasteiger partial charge on any atom is 0.228 e. The van der Waals surface area contributed by atoms with Gasteiger partial charge in [0.1, 0.15) is 18.0 Å². The summed E-state index contributed by atoms with van der Waals surface area (Å²) in [6.07, 6.45) is -3.65. The summed E-state index contributed by atoms with van der Waals surface area (Å²) in [5.41, 5.74) is 6.52. The first kappa shape index (κ1) is 18.8. The lowest BCUT2D eigenvalue weighted by Crippen LogP contribution is -2.43. The van der Waals surface area contributed by atoms with E-state index in [-0.39, 0.29) is 0 Å². The molecule has 0 spiro atoms. The molecule has 0 fully saturated rings. The van der Waals surface area contributed by atoms with E-state index >= 15 is 0 Å². The van der Waals surface area contributed by atoms with Gasteiger partial charge in [0, 0.05) is 0 Å². The van der Waals surface area contributed by atoms with E-state index in [1.807, 2.05) is 12.1 Å². The smallest absolute Gasteiger partial charge is 0.228 e. The number of benzene rings is 1. The van der Waals surface area contributed by atoms with Gasteiger partial charge in [0.15, 0.2) is 0 Å². The molecule has 1 rings (SSSR count). The lowest BCUT2D eigenvalue weighted by atomic mass is 10.1. The number of aliphatic hydroxyl groups excluding tert-OH is 4. The van der Waals surface area contributed by atoms with Crippen molar-refractivity contribution in [1.82, 2.24) is 0 Å². The lowest BCUT2D eigenvalue weighted by Gasteiger charge is -2.28. The Kier molecular flexibility index (Phi) is 8.32. The fourth-order valence-electron chi connectivity index (χ4n) is 1.80. The third kappa shape index (κ3) is 5.88. The van der Waals surface area contributed by atoms with E-state index in [1.54, 1.807) is 12.1 Å². The normalized spacial score (nSPS) is 16.8. The number of hydrogen-bond donors (Lipinski definition) is 5. The first-order valence-corrected chi connectivity index (χ1v) is 7.20. The van der Waals surface area contributed by atoms with Crippen LogP contribution in [-0.4, -0.2) is 64.8 Å². The van der Waals surface area contributed by atoms with Gasteiger partial charge in [-0.25, -0.2) is 0 Å². The Morgan fingerprint density at radius 1 is 1.09 bits per heavy atom. The summed E-state index contributed by atoms with van der Waals surface area (Å²) in [7, 11) is 0. The Hall–Kier alpha value is -1.22. The summed E-state index contributed by atoms with van der Waals surface area (Å²) >= 11 is 0. The van der Waals surface area contributed by atoms with Gasteiger partial charge in [-0.15, -0.1) is 0 Å². The molecule has 0 saturated carbocycles. The van der Waals surface area contributed by atoms with Gasteiger partial charge in [0.05, 0.1) is 19.3 Å². The van der Waals surface area contributed by atoms with E-state index in [0.717, 1.165) is 12.0 Å². The van der Waals surface area contributed by atoms with Crippen molar-refractivity contribution >= 4 is 0 Å². The molecule has 0 aliphatic carbocycles. The molecule has 6 N–H and O–H groups in total. The van der Waals surface area contributed by atoms with Gasteiger partial charge in [-0.3, -0.25) is 0 Å². The van der Waals surface area contributed by atoms with Crippen LogP contribution in [-0.2, 0) is 11.2 Å². The average molecular weight is 315 g/mol. The van der Waals surface area contributed by atoms with Crippen LogP contribution >= 0.6 is 0 Å². The SMILES string of the molecule is CC(O)C(CO)OC(Oc1ccc(CCN)cc1)C(O)CO. The maximum atomic E-state index is 9.76. The van der Waals surface area contributed by atoms with E-state index in [9.17, 15) is 10.2 Å². The Labute approximate surface area is 129 Å². The topological polar surface area (TPSA) is 125 Å². The van der Waals surface area contributed by atoms with Crippen LogP contribution in [0.4, 0.5) is 0 Å². The molecule has 4 atom stereocenters. The Morgan fingerprint density at radius 2 is 1.73 bits per heavy atom. The lowest BCUT2D eigenvalue weighted by molar-refractivity contribution is -0.205. The largest absolute Gasteiger partial charge is 0.462 e. The van der Waals surface area contributed by atoms with E-state index in [2.05, 4.69) is 0 Å². The van der Waals surface area contributed by atoms with Crippen molar-refractivity contribution in [2.45, 2.75) is 37.9 Å². The zero-order valence-electron chi connectivity index (χ0n) is 12.6. The maximum absolute atomic E-state index is 9.76. The highest BCUT2D eigenvalue weighted by molar-refractivity contribution is 5.27. The Balaban J connectivity index is 2.75. The van der Waals surface area contributed by atoms with Crippen LogP contribution < -0.4 is 10.5 Å². The third-order valence-electron chi connectivity index (χ3n) is 3.14. The monoisotopic (exact) mass is 315 g/mol. The van der Waals surface area contributed by atoms with Gasteiger partial charge >= 0.3 is 0 Å². The van der Waals surface area contributed by atoms with Crippen molar-refractivity contribution in [3.05, 3.63) is 29.8 Å². The molecule has 0 amide bonds. The van der Waals surface area contributed by atoms with Crippen molar-refractivity contribution < 1.29 is 29.9 Å². The minimum atomic E-state index is -1.31. The molecule has 4 unspecified atom stereocenters. The van der Waals surface area contributed by atoms with Gasteiger partial charge in [0.25, 0.3) is 0 Å². The molecular weight excluding hydrogens is 290 g/mol. The van der Waals surface area contributed by atoms with Crippen LogP contribution in [0.2, 0.25) is 0 Å². The minimum absolute atomic E-state index is 0.431. The molecule has 0 aromatic heterocycles. The van der Waals surface area contributed by atoms with E-state index in [0.29, 0.717) is 12.3 Å². The molecule has 0 aliphatic heterocycles. The third-order valence-corrected chi connectivity index (χ3v) is 3.14. The molecule has 1 aromatic carbocycles. The second-order valence-corrected chi connectivity index (χ2v) is 5.02. The van der Waals surface area contributed by atoms with Crippen LogP contribution in [0.15, 0.2) is 24.3 Å². The fraction of sp³-hybridized carbons (Fsp3) is 0.600. The quantitative estimate of drug-likeness (QED) is 0.351. The highest BCUT2D eigenvalue weighted by atomic mass is 16.7. The van der Waals surface area contributed by atoms with Crippen LogP contribution in [0, 0.1) is 0 Å². The second-order valence-electron chi connectivity index (χ2n) is 5.02. The van der Waals surface area contributed by atoms with Gasteiger partial charge in [0.2, 0.25) is 6.29 Å². The summed E-state index contributed by atoms with van der Waals surface area (Å²) < 4.78 is 10.8. The van der Waals surface area contributed by atoms with Crippen molar-refractivity contribution in [3.8, 4) is 5.75 Å².